The minimum Gasteiger partial charge on any atom is -0.482 e. The summed E-state index contributed by atoms with van der Waals surface area (Å²) in [6, 6.07) is 15.2. The smallest absolute Gasteiger partial charge is 0.349 e. The second-order valence-electron chi connectivity index (χ2n) is 5.26. The Morgan fingerprint density at radius 1 is 1.10 bits per heavy atom. The third-order valence-corrected chi connectivity index (χ3v) is 3.20. The molecular formula is C18H20O3. The van der Waals surface area contributed by atoms with Gasteiger partial charge < -0.3 is 9.47 Å². The van der Waals surface area contributed by atoms with E-state index in [0.29, 0.717) is 17.4 Å². The summed E-state index contributed by atoms with van der Waals surface area (Å²) < 4.78 is 10.8. The van der Waals surface area contributed by atoms with Gasteiger partial charge in [-0.25, -0.2) is 4.79 Å². The van der Waals surface area contributed by atoms with Crippen LogP contribution in [0.25, 0.3) is 0 Å². The third kappa shape index (κ3) is 4.35. The van der Waals surface area contributed by atoms with Crippen LogP contribution in [0.4, 0.5) is 0 Å². The molecule has 2 aromatic carbocycles. The predicted molar refractivity (Wildman–Crippen MR) is 82.8 cm³/mol. The van der Waals surface area contributed by atoms with Gasteiger partial charge in [-0.1, -0.05) is 44.2 Å². The van der Waals surface area contributed by atoms with Crippen LogP contribution in [0.3, 0.4) is 0 Å². The van der Waals surface area contributed by atoms with E-state index in [0.717, 1.165) is 11.1 Å². The minimum atomic E-state index is -0.400. The largest absolute Gasteiger partial charge is 0.482 e. The predicted octanol–water partition coefficient (Wildman–Crippen LogP) is 4.10. The molecule has 0 aromatic heterocycles. The number of carbonyl (C=O) groups is 1. The van der Waals surface area contributed by atoms with E-state index < -0.39 is 5.97 Å². The number of aryl methyl sites for hydroxylation is 1. The van der Waals surface area contributed by atoms with Crippen LogP contribution >= 0.6 is 0 Å². The van der Waals surface area contributed by atoms with Crippen molar-refractivity contribution in [2.24, 2.45) is 0 Å². The van der Waals surface area contributed by atoms with Crippen LogP contribution < -0.4 is 9.47 Å². The van der Waals surface area contributed by atoms with Gasteiger partial charge in [0.05, 0.1) is 0 Å². The third-order valence-electron chi connectivity index (χ3n) is 3.20. The SMILES string of the molecule is Cc1ccc(C(C)C)cc1OC(=O)COc1ccccc1. The molecule has 110 valence electrons. The molecule has 0 N–H and O–H groups in total. The van der Waals surface area contributed by atoms with Gasteiger partial charge in [0.25, 0.3) is 0 Å². The Morgan fingerprint density at radius 3 is 2.48 bits per heavy atom. The van der Waals surface area contributed by atoms with Crippen molar-refractivity contribution in [2.45, 2.75) is 26.7 Å². The fourth-order valence-corrected chi connectivity index (χ4v) is 1.90. The van der Waals surface area contributed by atoms with Gasteiger partial charge in [0.1, 0.15) is 11.5 Å². The van der Waals surface area contributed by atoms with Crippen LogP contribution in [0.1, 0.15) is 30.9 Å². The number of rotatable bonds is 5. The highest BCUT2D eigenvalue weighted by atomic mass is 16.6. The molecule has 0 fully saturated rings. The normalized spacial score (nSPS) is 10.5. The topological polar surface area (TPSA) is 35.5 Å². The van der Waals surface area contributed by atoms with Crippen LogP contribution in [-0.4, -0.2) is 12.6 Å². The van der Waals surface area contributed by atoms with Crippen LogP contribution in [0, 0.1) is 6.92 Å². The number of para-hydroxylation sites is 1. The number of benzene rings is 2. The molecule has 2 aromatic rings. The summed E-state index contributed by atoms with van der Waals surface area (Å²) >= 11 is 0. The first-order valence-electron chi connectivity index (χ1n) is 7.05. The maximum atomic E-state index is 11.9. The van der Waals surface area contributed by atoms with Gasteiger partial charge in [-0.3, -0.25) is 0 Å². The summed E-state index contributed by atoms with van der Waals surface area (Å²) in [5.41, 5.74) is 2.08. The number of ether oxygens (including phenoxy) is 2. The van der Waals surface area contributed by atoms with E-state index in [2.05, 4.69) is 19.9 Å². The first-order valence-corrected chi connectivity index (χ1v) is 7.05. The maximum Gasteiger partial charge on any atom is 0.349 e. The molecule has 0 heterocycles. The summed E-state index contributed by atoms with van der Waals surface area (Å²) in [4.78, 5) is 11.9. The van der Waals surface area contributed by atoms with E-state index in [1.165, 1.54) is 0 Å². The lowest BCUT2D eigenvalue weighted by molar-refractivity contribution is -0.136. The zero-order valence-corrected chi connectivity index (χ0v) is 12.6. The van der Waals surface area contributed by atoms with Crippen molar-refractivity contribution in [3.8, 4) is 11.5 Å². The highest BCUT2D eigenvalue weighted by Crippen LogP contribution is 2.24. The lowest BCUT2D eigenvalue weighted by Crippen LogP contribution is -2.18. The molecule has 0 saturated heterocycles. The molecule has 0 radical (unpaired) electrons. The monoisotopic (exact) mass is 284 g/mol. The summed E-state index contributed by atoms with van der Waals surface area (Å²) in [6.07, 6.45) is 0. The van der Waals surface area contributed by atoms with Gasteiger partial charge in [0.2, 0.25) is 0 Å². The lowest BCUT2D eigenvalue weighted by Gasteiger charge is -2.12. The molecular weight excluding hydrogens is 264 g/mol. The molecule has 0 aliphatic heterocycles. The zero-order valence-electron chi connectivity index (χ0n) is 12.6. The Labute approximate surface area is 125 Å². The highest BCUT2D eigenvalue weighted by molar-refractivity contribution is 5.74. The summed E-state index contributed by atoms with van der Waals surface area (Å²) in [6.45, 7) is 6.03. The molecule has 21 heavy (non-hydrogen) atoms. The van der Waals surface area contributed by atoms with E-state index in [9.17, 15) is 4.79 Å². The molecule has 0 aliphatic rings. The van der Waals surface area contributed by atoms with Gasteiger partial charge in [-0.2, -0.15) is 0 Å². The number of esters is 1. The van der Waals surface area contributed by atoms with Crippen LogP contribution in [0.2, 0.25) is 0 Å². The number of carbonyl (C=O) groups excluding carboxylic acids is 1. The molecule has 0 saturated carbocycles. The molecule has 0 aliphatic carbocycles. The fourth-order valence-electron chi connectivity index (χ4n) is 1.90. The molecule has 0 unspecified atom stereocenters. The molecule has 2 rings (SSSR count). The van der Waals surface area contributed by atoms with Crippen molar-refractivity contribution in [3.05, 3.63) is 59.7 Å². The Hall–Kier alpha value is -2.29. The second kappa shape index (κ2) is 6.93. The van der Waals surface area contributed by atoms with Crippen molar-refractivity contribution in [3.63, 3.8) is 0 Å². The average Bonchev–Trinajstić information content (AvgIpc) is 2.48. The lowest BCUT2D eigenvalue weighted by atomic mass is 10.0. The Morgan fingerprint density at radius 2 is 1.81 bits per heavy atom. The van der Waals surface area contributed by atoms with Crippen molar-refractivity contribution >= 4 is 5.97 Å². The fraction of sp³-hybridized carbons (Fsp3) is 0.278. The van der Waals surface area contributed by atoms with Gasteiger partial charge in [0, 0.05) is 0 Å². The molecule has 0 atom stereocenters. The standard InChI is InChI=1S/C18H20O3/c1-13(2)15-10-9-14(3)17(11-15)21-18(19)12-20-16-7-5-4-6-8-16/h4-11,13H,12H2,1-3H3. The van der Waals surface area contributed by atoms with Crippen molar-refractivity contribution in [2.75, 3.05) is 6.61 Å². The first kappa shape index (κ1) is 15.1. The van der Waals surface area contributed by atoms with E-state index in [4.69, 9.17) is 9.47 Å². The number of hydrogen-bond acceptors (Lipinski definition) is 3. The first-order chi connectivity index (χ1) is 10.1. The Bertz CT molecular complexity index is 603. The van der Waals surface area contributed by atoms with E-state index >= 15 is 0 Å². The average molecular weight is 284 g/mol. The van der Waals surface area contributed by atoms with Crippen LogP contribution in [0.15, 0.2) is 48.5 Å². The Balaban J connectivity index is 1.98. The summed E-state index contributed by atoms with van der Waals surface area (Å²) in [5, 5.41) is 0. The summed E-state index contributed by atoms with van der Waals surface area (Å²) in [5.74, 6) is 1.25. The van der Waals surface area contributed by atoms with Crippen LogP contribution in [0.5, 0.6) is 11.5 Å². The van der Waals surface area contributed by atoms with Gasteiger partial charge >= 0.3 is 5.97 Å². The quantitative estimate of drug-likeness (QED) is 0.612. The van der Waals surface area contributed by atoms with Crippen molar-refractivity contribution in [1.29, 1.82) is 0 Å². The maximum absolute atomic E-state index is 11.9. The zero-order chi connectivity index (χ0) is 15.2. The number of hydrogen-bond donors (Lipinski definition) is 0. The van der Waals surface area contributed by atoms with Gasteiger partial charge in [0.15, 0.2) is 6.61 Å². The molecule has 3 heteroatoms. The molecule has 3 nitrogen and oxygen atoms in total. The van der Waals surface area contributed by atoms with Crippen LogP contribution in [-0.2, 0) is 4.79 Å². The van der Waals surface area contributed by atoms with Gasteiger partial charge in [-0.15, -0.1) is 0 Å². The van der Waals surface area contributed by atoms with Gasteiger partial charge in [-0.05, 0) is 42.2 Å². The van der Waals surface area contributed by atoms with Crippen molar-refractivity contribution in [1.82, 2.24) is 0 Å². The second-order valence-corrected chi connectivity index (χ2v) is 5.26. The van der Waals surface area contributed by atoms with E-state index in [-0.39, 0.29) is 6.61 Å². The highest BCUT2D eigenvalue weighted by Gasteiger charge is 2.10. The van der Waals surface area contributed by atoms with E-state index in [1.54, 1.807) is 12.1 Å². The Kier molecular flexibility index (Phi) is 4.99. The molecule has 0 bridgehead atoms. The molecule has 0 amide bonds. The molecule has 0 spiro atoms. The summed E-state index contributed by atoms with van der Waals surface area (Å²) in [7, 11) is 0. The van der Waals surface area contributed by atoms with Crippen molar-refractivity contribution < 1.29 is 14.3 Å². The minimum absolute atomic E-state index is 0.102. The van der Waals surface area contributed by atoms with E-state index in [1.807, 2.05) is 37.3 Å².